The second kappa shape index (κ2) is 7.59. The lowest BCUT2D eigenvalue weighted by atomic mass is 10.1. The Morgan fingerprint density at radius 1 is 1.23 bits per heavy atom. The van der Waals surface area contributed by atoms with E-state index >= 15 is 0 Å². The Labute approximate surface area is 180 Å². The minimum absolute atomic E-state index is 0.0816. The Kier molecular flexibility index (Phi) is 4.91. The van der Waals surface area contributed by atoms with Crippen molar-refractivity contribution in [3.63, 3.8) is 0 Å². The Hall–Kier alpha value is -2.58. The van der Waals surface area contributed by atoms with Gasteiger partial charge in [0, 0.05) is 31.2 Å². The number of amides is 1. The quantitative estimate of drug-likeness (QED) is 0.631. The number of hydrogen-bond acceptors (Lipinski definition) is 6. The molecule has 7 nitrogen and oxygen atoms in total. The third-order valence-electron chi connectivity index (χ3n) is 6.08. The van der Waals surface area contributed by atoms with E-state index in [1.165, 1.54) is 0 Å². The predicted octanol–water partition coefficient (Wildman–Crippen LogP) is 3.35. The summed E-state index contributed by atoms with van der Waals surface area (Å²) >= 11 is 1.66. The summed E-state index contributed by atoms with van der Waals surface area (Å²) < 4.78 is 1.79. The fourth-order valence-corrected chi connectivity index (χ4v) is 4.93. The highest BCUT2D eigenvalue weighted by atomic mass is 32.1. The van der Waals surface area contributed by atoms with E-state index in [2.05, 4.69) is 35.1 Å². The maximum atomic E-state index is 13.3. The third-order valence-corrected chi connectivity index (χ3v) is 6.96. The van der Waals surface area contributed by atoms with Crippen molar-refractivity contribution in [3.8, 4) is 16.5 Å². The molecule has 1 atom stereocenters. The molecule has 1 saturated carbocycles. The molecule has 156 valence electrons. The fourth-order valence-electron chi connectivity index (χ4n) is 4.15. The lowest BCUT2D eigenvalue weighted by Gasteiger charge is -2.20. The summed E-state index contributed by atoms with van der Waals surface area (Å²) in [5, 5.41) is 6.63. The van der Waals surface area contributed by atoms with Gasteiger partial charge in [0.25, 0.3) is 11.9 Å². The van der Waals surface area contributed by atoms with Crippen molar-refractivity contribution in [3.05, 3.63) is 46.7 Å². The first kappa shape index (κ1) is 19.4. The minimum Gasteiger partial charge on any atom is -0.337 e. The van der Waals surface area contributed by atoms with Crippen molar-refractivity contribution >= 4 is 17.2 Å². The van der Waals surface area contributed by atoms with Crippen molar-refractivity contribution in [2.24, 2.45) is 0 Å². The number of thiophene rings is 1. The van der Waals surface area contributed by atoms with Gasteiger partial charge in [0.1, 0.15) is 0 Å². The Balaban J connectivity index is 1.50. The molecule has 8 heteroatoms. The van der Waals surface area contributed by atoms with Crippen LogP contribution in [-0.2, 0) is 0 Å². The van der Waals surface area contributed by atoms with E-state index in [0.717, 1.165) is 54.2 Å². The molecule has 1 aliphatic heterocycles. The van der Waals surface area contributed by atoms with Crippen molar-refractivity contribution < 1.29 is 4.79 Å². The molecule has 2 fully saturated rings. The molecule has 1 unspecified atom stereocenters. The van der Waals surface area contributed by atoms with Gasteiger partial charge in [-0.2, -0.15) is 5.10 Å². The van der Waals surface area contributed by atoms with Crippen molar-refractivity contribution in [1.29, 1.82) is 0 Å². The molecule has 0 radical (unpaired) electrons. The van der Waals surface area contributed by atoms with Crippen LogP contribution in [0, 0.1) is 6.92 Å². The highest BCUT2D eigenvalue weighted by Crippen LogP contribution is 2.42. The molecular weight excluding hydrogens is 396 g/mol. The van der Waals surface area contributed by atoms with Gasteiger partial charge in [-0.1, -0.05) is 6.07 Å². The topological polar surface area (TPSA) is 67.2 Å². The number of carbonyl (C=O) groups excluding carboxylic acids is 1. The smallest absolute Gasteiger partial charge is 0.257 e. The van der Waals surface area contributed by atoms with Crippen LogP contribution in [0.15, 0.2) is 29.9 Å². The van der Waals surface area contributed by atoms with Crippen LogP contribution in [0.3, 0.4) is 0 Å². The average molecular weight is 423 g/mol. The molecule has 5 rings (SSSR count). The van der Waals surface area contributed by atoms with Crippen molar-refractivity contribution in [2.45, 2.75) is 38.1 Å². The molecule has 1 amide bonds. The van der Waals surface area contributed by atoms with Crippen LogP contribution < -0.4 is 0 Å². The minimum atomic E-state index is 0.0816. The van der Waals surface area contributed by atoms with E-state index in [-0.39, 0.29) is 5.91 Å². The van der Waals surface area contributed by atoms with Gasteiger partial charge in [0.15, 0.2) is 0 Å². The molecule has 3 aromatic rings. The van der Waals surface area contributed by atoms with Gasteiger partial charge < -0.3 is 9.80 Å². The number of aromatic nitrogens is 4. The van der Waals surface area contributed by atoms with Gasteiger partial charge in [-0.25, -0.2) is 14.6 Å². The second-order valence-corrected chi connectivity index (χ2v) is 9.41. The van der Waals surface area contributed by atoms with E-state index in [0.29, 0.717) is 23.5 Å². The molecular formula is C22H26N6OS. The molecule has 4 heterocycles. The van der Waals surface area contributed by atoms with E-state index in [9.17, 15) is 4.79 Å². The average Bonchev–Trinajstić information content (AvgIpc) is 3.19. The largest absolute Gasteiger partial charge is 0.337 e. The zero-order valence-corrected chi connectivity index (χ0v) is 18.4. The number of likely N-dealkylation sites (N-methyl/N-ethyl adjacent to an activating group) is 1. The summed E-state index contributed by atoms with van der Waals surface area (Å²) in [6.07, 6.45) is 6.73. The van der Waals surface area contributed by atoms with Crippen LogP contribution in [-0.4, -0.2) is 68.7 Å². The molecule has 1 saturated heterocycles. The number of rotatable bonds is 5. The van der Waals surface area contributed by atoms with Crippen LogP contribution in [0.5, 0.6) is 0 Å². The first-order valence-electron chi connectivity index (χ1n) is 10.4. The van der Waals surface area contributed by atoms with Gasteiger partial charge in [0.05, 0.1) is 28.0 Å². The van der Waals surface area contributed by atoms with Crippen LogP contribution in [0.1, 0.15) is 46.8 Å². The number of hydrogen-bond donors (Lipinski definition) is 0. The lowest BCUT2D eigenvalue weighted by molar-refractivity contribution is 0.0782. The number of nitrogens with zero attached hydrogens (tertiary/aromatic N) is 6. The first-order chi connectivity index (χ1) is 14.5. The lowest BCUT2D eigenvalue weighted by Crippen LogP contribution is -2.34. The van der Waals surface area contributed by atoms with E-state index < -0.39 is 0 Å². The summed E-state index contributed by atoms with van der Waals surface area (Å²) in [4.78, 5) is 28.0. The number of carbonyl (C=O) groups is 1. The SMILES string of the molecule is Cc1cnc(-n2ncc(C(=O)N3CCC(N(C)C)C3)c2C2CC2)nc1-c1cccs1. The zero-order valence-electron chi connectivity index (χ0n) is 17.6. The predicted molar refractivity (Wildman–Crippen MR) is 117 cm³/mol. The summed E-state index contributed by atoms with van der Waals surface area (Å²) in [7, 11) is 4.15. The molecule has 0 bridgehead atoms. The van der Waals surface area contributed by atoms with E-state index in [4.69, 9.17) is 4.98 Å². The first-order valence-corrected chi connectivity index (χ1v) is 11.3. The van der Waals surface area contributed by atoms with Crippen LogP contribution >= 0.6 is 11.3 Å². The normalized spacial score (nSPS) is 19.1. The summed E-state index contributed by atoms with van der Waals surface area (Å²) in [5.74, 6) is 0.976. The van der Waals surface area contributed by atoms with E-state index in [1.54, 1.807) is 22.2 Å². The fraction of sp³-hybridized carbons (Fsp3) is 0.455. The molecule has 0 N–H and O–H groups in total. The maximum Gasteiger partial charge on any atom is 0.257 e. The second-order valence-electron chi connectivity index (χ2n) is 8.47. The monoisotopic (exact) mass is 422 g/mol. The zero-order chi connectivity index (χ0) is 20.8. The third kappa shape index (κ3) is 3.44. The Morgan fingerprint density at radius 2 is 2.07 bits per heavy atom. The van der Waals surface area contributed by atoms with E-state index in [1.807, 2.05) is 29.5 Å². The maximum absolute atomic E-state index is 13.3. The summed E-state index contributed by atoms with van der Waals surface area (Å²) in [6, 6.07) is 4.51. The van der Waals surface area contributed by atoms with Gasteiger partial charge in [-0.05, 0) is 57.3 Å². The van der Waals surface area contributed by atoms with Gasteiger partial charge in [-0.15, -0.1) is 11.3 Å². The number of aryl methyl sites for hydroxylation is 1. The summed E-state index contributed by atoms with van der Waals surface area (Å²) in [6.45, 7) is 3.58. The van der Waals surface area contributed by atoms with Crippen molar-refractivity contribution in [2.75, 3.05) is 27.2 Å². The molecule has 0 spiro atoms. The Bertz CT molecular complexity index is 1070. The highest BCUT2D eigenvalue weighted by Gasteiger charge is 2.36. The van der Waals surface area contributed by atoms with Gasteiger partial charge >= 0.3 is 0 Å². The highest BCUT2D eigenvalue weighted by molar-refractivity contribution is 7.13. The Morgan fingerprint density at radius 3 is 2.73 bits per heavy atom. The van der Waals surface area contributed by atoms with Gasteiger partial charge in [0.2, 0.25) is 0 Å². The standard InChI is InChI=1S/C22H26N6OS/c1-14-11-23-22(25-19(14)18-5-4-10-30-18)28-20(15-6-7-15)17(12-24-28)21(29)27-9-8-16(13-27)26(2)3/h4-5,10-12,15-16H,6-9,13H2,1-3H3. The molecule has 1 aliphatic carbocycles. The van der Waals surface area contributed by atoms with Crippen molar-refractivity contribution in [1.82, 2.24) is 29.5 Å². The van der Waals surface area contributed by atoms with Crippen LogP contribution in [0.25, 0.3) is 16.5 Å². The number of likely N-dealkylation sites (tertiary alicyclic amines) is 1. The van der Waals surface area contributed by atoms with Crippen LogP contribution in [0.4, 0.5) is 0 Å². The molecule has 30 heavy (non-hydrogen) atoms. The molecule has 3 aromatic heterocycles. The summed E-state index contributed by atoms with van der Waals surface area (Å²) in [5.41, 5.74) is 3.63. The van der Waals surface area contributed by atoms with Gasteiger partial charge in [-0.3, -0.25) is 4.79 Å². The molecule has 2 aliphatic rings. The van der Waals surface area contributed by atoms with Crippen LogP contribution in [0.2, 0.25) is 0 Å². The molecule has 0 aromatic carbocycles.